The minimum atomic E-state index is -4.04. The van der Waals surface area contributed by atoms with E-state index in [1.165, 1.54) is 0 Å². The molecule has 2 aliphatic rings. The standard InChI is InChI=1S/C13H24F3N3/c1-18-5-6-19(12(8-17)9-18)11-4-2-3-10(7-11)13(14,15)16/h10-12H,2-9,17H2,1H3. The molecule has 0 aromatic heterocycles. The molecule has 1 aliphatic heterocycles. The third-order valence-corrected chi connectivity index (χ3v) is 4.58. The van der Waals surface area contributed by atoms with Crippen molar-refractivity contribution in [2.24, 2.45) is 11.7 Å². The molecule has 2 fully saturated rings. The molecule has 3 unspecified atom stereocenters. The van der Waals surface area contributed by atoms with Gasteiger partial charge in [0.05, 0.1) is 5.92 Å². The Balaban J connectivity index is 2.00. The van der Waals surface area contributed by atoms with Crippen LogP contribution in [0.4, 0.5) is 13.2 Å². The second-order valence-electron chi connectivity index (χ2n) is 5.95. The smallest absolute Gasteiger partial charge is 0.329 e. The molecular formula is C13H24F3N3. The molecular weight excluding hydrogens is 255 g/mol. The molecule has 1 aliphatic carbocycles. The van der Waals surface area contributed by atoms with Crippen molar-refractivity contribution in [2.75, 3.05) is 33.2 Å². The molecule has 0 radical (unpaired) electrons. The van der Waals surface area contributed by atoms with Crippen molar-refractivity contribution in [2.45, 2.75) is 43.9 Å². The Labute approximate surface area is 112 Å². The van der Waals surface area contributed by atoms with E-state index in [0.29, 0.717) is 19.4 Å². The summed E-state index contributed by atoms with van der Waals surface area (Å²) in [5.41, 5.74) is 5.79. The van der Waals surface area contributed by atoms with Crippen molar-refractivity contribution in [1.29, 1.82) is 0 Å². The molecule has 1 heterocycles. The number of hydrogen-bond acceptors (Lipinski definition) is 3. The fraction of sp³-hybridized carbons (Fsp3) is 1.00. The number of likely N-dealkylation sites (N-methyl/N-ethyl adjacent to an activating group) is 1. The number of piperazine rings is 1. The molecule has 19 heavy (non-hydrogen) atoms. The van der Waals surface area contributed by atoms with E-state index >= 15 is 0 Å². The van der Waals surface area contributed by atoms with Crippen molar-refractivity contribution < 1.29 is 13.2 Å². The quantitative estimate of drug-likeness (QED) is 0.835. The molecule has 2 rings (SSSR count). The number of rotatable bonds is 2. The lowest BCUT2D eigenvalue weighted by Gasteiger charge is -2.46. The molecule has 0 bridgehead atoms. The highest BCUT2D eigenvalue weighted by molar-refractivity contribution is 4.90. The Hall–Kier alpha value is -0.330. The fourth-order valence-corrected chi connectivity index (χ4v) is 3.48. The second kappa shape index (κ2) is 5.97. The third-order valence-electron chi connectivity index (χ3n) is 4.58. The monoisotopic (exact) mass is 279 g/mol. The molecule has 1 saturated carbocycles. The SMILES string of the molecule is CN1CCN(C2CCCC(C(F)(F)F)C2)C(CN)C1. The lowest BCUT2D eigenvalue weighted by molar-refractivity contribution is -0.188. The van der Waals surface area contributed by atoms with Gasteiger partial charge in [-0.3, -0.25) is 4.90 Å². The van der Waals surface area contributed by atoms with Crippen molar-refractivity contribution in [3.05, 3.63) is 0 Å². The minimum absolute atomic E-state index is 0.0580. The van der Waals surface area contributed by atoms with Crippen molar-refractivity contribution in [1.82, 2.24) is 9.80 Å². The lowest BCUT2D eigenvalue weighted by atomic mass is 9.83. The van der Waals surface area contributed by atoms with Crippen LogP contribution in [0.25, 0.3) is 0 Å². The van der Waals surface area contributed by atoms with Gasteiger partial charge in [-0.25, -0.2) is 0 Å². The van der Waals surface area contributed by atoms with Gasteiger partial charge in [0, 0.05) is 38.3 Å². The summed E-state index contributed by atoms with van der Waals surface area (Å²) < 4.78 is 38.6. The van der Waals surface area contributed by atoms with E-state index in [1.807, 2.05) is 7.05 Å². The molecule has 112 valence electrons. The average molecular weight is 279 g/mol. The maximum Gasteiger partial charge on any atom is 0.391 e. The van der Waals surface area contributed by atoms with Gasteiger partial charge in [-0.2, -0.15) is 13.2 Å². The van der Waals surface area contributed by atoms with Gasteiger partial charge in [0.2, 0.25) is 0 Å². The fourth-order valence-electron chi connectivity index (χ4n) is 3.48. The number of alkyl halides is 3. The van der Waals surface area contributed by atoms with Gasteiger partial charge in [-0.05, 0) is 26.3 Å². The van der Waals surface area contributed by atoms with Crippen LogP contribution in [0.2, 0.25) is 0 Å². The van der Waals surface area contributed by atoms with Crippen molar-refractivity contribution in [3.63, 3.8) is 0 Å². The van der Waals surface area contributed by atoms with E-state index in [4.69, 9.17) is 5.73 Å². The summed E-state index contributed by atoms with van der Waals surface area (Å²) in [6.07, 6.45) is -1.93. The zero-order valence-electron chi connectivity index (χ0n) is 11.5. The zero-order valence-corrected chi connectivity index (χ0v) is 11.5. The maximum absolute atomic E-state index is 12.9. The Morgan fingerprint density at radius 2 is 1.95 bits per heavy atom. The molecule has 3 atom stereocenters. The highest BCUT2D eigenvalue weighted by Gasteiger charge is 2.44. The molecule has 6 heteroatoms. The molecule has 0 aromatic carbocycles. The van der Waals surface area contributed by atoms with E-state index in [1.54, 1.807) is 0 Å². The van der Waals surface area contributed by atoms with E-state index in [-0.39, 0.29) is 18.5 Å². The number of halogens is 3. The molecule has 0 spiro atoms. The third kappa shape index (κ3) is 3.61. The predicted octanol–water partition coefficient (Wildman–Crippen LogP) is 1.68. The first-order valence-electron chi connectivity index (χ1n) is 7.13. The van der Waals surface area contributed by atoms with E-state index in [9.17, 15) is 13.2 Å². The molecule has 2 N–H and O–H groups in total. The molecule has 3 nitrogen and oxygen atoms in total. The van der Waals surface area contributed by atoms with E-state index < -0.39 is 12.1 Å². The highest BCUT2D eigenvalue weighted by Crippen LogP contribution is 2.39. The lowest BCUT2D eigenvalue weighted by Crippen LogP contribution is -2.59. The first-order valence-corrected chi connectivity index (χ1v) is 7.13. The Kier molecular flexibility index (Phi) is 4.74. The van der Waals surface area contributed by atoms with Crippen LogP contribution in [0.1, 0.15) is 25.7 Å². The van der Waals surface area contributed by atoms with Crippen LogP contribution in [0.3, 0.4) is 0 Å². The van der Waals surface area contributed by atoms with Crippen LogP contribution in [0, 0.1) is 5.92 Å². The first kappa shape index (κ1) is 15.1. The molecule has 1 saturated heterocycles. The second-order valence-corrected chi connectivity index (χ2v) is 5.95. The Bertz CT molecular complexity index is 295. The largest absolute Gasteiger partial charge is 0.391 e. The van der Waals surface area contributed by atoms with Gasteiger partial charge in [-0.15, -0.1) is 0 Å². The van der Waals surface area contributed by atoms with Crippen LogP contribution < -0.4 is 5.73 Å². The van der Waals surface area contributed by atoms with Crippen LogP contribution >= 0.6 is 0 Å². The van der Waals surface area contributed by atoms with Gasteiger partial charge < -0.3 is 10.6 Å². The topological polar surface area (TPSA) is 32.5 Å². The predicted molar refractivity (Wildman–Crippen MR) is 68.8 cm³/mol. The van der Waals surface area contributed by atoms with Crippen LogP contribution in [-0.2, 0) is 0 Å². The van der Waals surface area contributed by atoms with Gasteiger partial charge in [0.15, 0.2) is 0 Å². The van der Waals surface area contributed by atoms with E-state index in [2.05, 4.69) is 9.80 Å². The number of nitrogens with zero attached hydrogens (tertiary/aromatic N) is 2. The number of nitrogens with two attached hydrogens (primary N) is 1. The minimum Gasteiger partial charge on any atom is -0.329 e. The maximum atomic E-state index is 12.9. The normalized spacial score (nSPS) is 35.5. The first-order chi connectivity index (χ1) is 8.91. The van der Waals surface area contributed by atoms with Crippen molar-refractivity contribution >= 4 is 0 Å². The zero-order chi connectivity index (χ0) is 14.0. The van der Waals surface area contributed by atoms with Gasteiger partial charge >= 0.3 is 6.18 Å². The van der Waals surface area contributed by atoms with E-state index in [0.717, 1.165) is 26.1 Å². The molecule has 0 aromatic rings. The molecule has 0 amide bonds. The summed E-state index contributed by atoms with van der Waals surface area (Å²) >= 11 is 0. The summed E-state index contributed by atoms with van der Waals surface area (Å²) in [4.78, 5) is 4.44. The van der Waals surface area contributed by atoms with Crippen LogP contribution in [0.15, 0.2) is 0 Å². The van der Waals surface area contributed by atoms with Crippen LogP contribution in [0.5, 0.6) is 0 Å². The summed E-state index contributed by atoms with van der Waals surface area (Å²) in [6.45, 7) is 3.15. The summed E-state index contributed by atoms with van der Waals surface area (Å²) in [5.74, 6) is -1.12. The average Bonchev–Trinajstić information content (AvgIpc) is 2.37. The Morgan fingerprint density at radius 3 is 2.58 bits per heavy atom. The van der Waals surface area contributed by atoms with Gasteiger partial charge in [-0.1, -0.05) is 6.42 Å². The van der Waals surface area contributed by atoms with Gasteiger partial charge in [0.25, 0.3) is 0 Å². The summed E-state index contributed by atoms with van der Waals surface area (Å²) in [6, 6.07) is 0.262. The highest BCUT2D eigenvalue weighted by atomic mass is 19.4. The number of hydrogen-bond donors (Lipinski definition) is 1. The summed E-state index contributed by atoms with van der Waals surface area (Å²) in [7, 11) is 2.04. The summed E-state index contributed by atoms with van der Waals surface area (Å²) in [5, 5.41) is 0. The van der Waals surface area contributed by atoms with Crippen LogP contribution in [-0.4, -0.2) is 61.3 Å². The Morgan fingerprint density at radius 1 is 1.21 bits per heavy atom. The van der Waals surface area contributed by atoms with Crippen molar-refractivity contribution in [3.8, 4) is 0 Å². The van der Waals surface area contributed by atoms with Gasteiger partial charge in [0.1, 0.15) is 0 Å².